The van der Waals surface area contributed by atoms with Gasteiger partial charge >= 0.3 is 0 Å². The van der Waals surface area contributed by atoms with Gasteiger partial charge in [0, 0.05) is 16.8 Å². The first kappa shape index (κ1) is 14.3. The molecule has 1 heterocycles. The van der Waals surface area contributed by atoms with Crippen LogP contribution in [0.3, 0.4) is 0 Å². The second-order valence-electron chi connectivity index (χ2n) is 3.94. The molecule has 20 heavy (non-hydrogen) atoms. The summed E-state index contributed by atoms with van der Waals surface area (Å²) in [5.74, 6) is -1.26. The first-order valence-corrected chi connectivity index (χ1v) is 6.74. The number of nitrogens with zero attached hydrogens (tertiary/aromatic N) is 1. The highest BCUT2D eigenvalue weighted by atomic mass is 35.5. The fourth-order valence-corrected chi connectivity index (χ4v) is 2.46. The third-order valence-electron chi connectivity index (χ3n) is 2.47. The second-order valence-corrected chi connectivity index (χ2v) is 5.69. The number of hydrogen-bond acceptors (Lipinski definition) is 5. The van der Waals surface area contributed by atoms with Crippen molar-refractivity contribution in [1.29, 1.82) is 0 Å². The van der Waals surface area contributed by atoms with Crippen molar-refractivity contribution in [3.05, 3.63) is 44.9 Å². The predicted molar refractivity (Wildman–Crippen MR) is 77.9 cm³/mol. The summed E-state index contributed by atoms with van der Waals surface area (Å²) in [5.41, 5.74) is 11.4. The van der Waals surface area contributed by atoms with E-state index in [-0.39, 0.29) is 11.1 Å². The summed E-state index contributed by atoms with van der Waals surface area (Å²) in [4.78, 5) is 26.5. The number of benzene rings is 1. The summed E-state index contributed by atoms with van der Waals surface area (Å²) in [6.45, 7) is 0.414. The van der Waals surface area contributed by atoms with E-state index in [9.17, 15) is 9.59 Å². The minimum Gasteiger partial charge on any atom is -0.378 e. The van der Waals surface area contributed by atoms with Crippen molar-refractivity contribution in [2.24, 2.45) is 11.5 Å². The Hall–Kier alpha value is -2.12. The maximum atomic E-state index is 11.2. The van der Waals surface area contributed by atoms with Crippen LogP contribution in [0, 0.1) is 0 Å². The van der Waals surface area contributed by atoms with Gasteiger partial charge in [0.15, 0.2) is 0 Å². The van der Waals surface area contributed by atoms with Crippen molar-refractivity contribution < 1.29 is 9.59 Å². The summed E-state index contributed by atoms with van der Waals surface area (Å²) in [5, 5.41) is 3.82. The molecule has 2 rings (SSSR count). The van der Waals surface area contributed by atoms with Gasteiger partial charge in [-0.15, -0.1) is 11.3 Å². The fourth-order valence-electron chi connectivity index (χ4n) is 1.56. The van der Waals surface area contributed by atoms with Crippen molar-refractivity contribution >= 4 is 40.4 Å². The lowest BCUT2D eigenvalue weighted by molar-refractivity contribution is 0.0999. The van der Waals surface area contributed by atoms with Gasteiger partial charge < -0.3 is 16.8 Å². The zero-order valence-electron chi connectivity index (χ0n) is 10.2. The lowest BCUT2D eigenvalue weighted by Gasteiger charge is -2.08. The van der Waals surface area contributed by atoms with Crippen LogP contribution in [0.15, 0.2) is 24.4 Å². The van der Waals surface area contributed by atoms with Crippen LogP contribution >= 0.6 is 22.9 Å². The van der Waals surface area contributed by atoms with Gasteiger partial charge in [-0.25, -0.2) is 4.98 Å². The van der Waals surface area contributed by atoms with Gasteiger partial charge in [-0.1, -0.05) is 11.6 Å². The van der Waals surface area contributed by atoms with Crippen LogP contribution in [0.2, 0.25) is 4.34 Å². The number of thiazole rings is 1. The quantitative estimate of drug-likeness (QED) is 0.778. The number of halogens is 1. The monoisotopic (exact) mass is 310 g/mol. The van der Waals surface area contributed by atoms with Crippen molar-refractivity contribution in [2.75, 3.05) is 5.32 Å². The molecule has 0 fully saturated rings. The molecule has 8 heteroatoms. The fraction of sp³-hybridized carbons (Fsp3) is 0.0833. The van der Waals surface area contributed by atoms with E-state index in [4.69, 9.17) is 23.1 Å². The Morgan fingerprint density at radius 2 is 1.80 bits per heavy atom. The van der Waals surface area contributed by atoms with E-state index in [1.807, 2.05) is 0 Å². The van der Waals surface area contributed by atoms with Crippen LogP contribution in [0.1, 0.15) is 25.7 Å². The van der Waals surface area contributed by atoms with Gasteiger partial charge in [-0.2, -0.15) is 0 Å². The number of primary amides is 2. The Balaban J connectivity index is 2.21. The summed E-state index contributed by atoms with van der Waals surface area (Å²) in [7, 11) is 0. The van der Waals surface area contributed by atoms with Gasteiger partial charge in [-0.3, -0.25) is 9.59 Å². The number of amides is 2. The van der Waals surface area contributed by atoms with Crippen LogP contribution in [-0.2, 0) is 6.54 Å². The summed E-state index contributed by atoms with van der Waals surface area (Å²) < 4.78 is 0.588. The van der Waals surface area contributed by atoms with Crippen LogP contribution in [0.4, 0.5) is 5.69 Å². The van der Waals surface area contributed by atoms with E-state index in [0.717, 1.165) is 5.01 Å². The van der Waals surface area contributed by atoms with E-state index >= 15 is 0 Å². The smallest absolute Gasteiger partial charge is 0.248 e. The number of anilines is 1. The standard InChI is InChI=1S/C12H11ClN4O2S/c13-9-4-17-10(20-9)5-16-8-2-6(11(14)18)1-7(3-8)12(15)19/h1-4,16H,5H2,(H2,14,18)(H2,15,19). The van der Waals surface area contributed by atoms with E-state index in [1.54, 1.807) is 18.3 Å². The predicted octanol–water partition coefficient (Wildman–Crippen LogP) is 1.61. The molecule has 0 spiro atoms. The zero-order chi connectivity index (χ0) is 14.7. The minimum absolute atomic E-state index is 0.209. The molecule has 0 saturated carbocycles. The zero-order valence-corrected chi connectivity index (χ0v) is 11.8. The van der Waals surface area contributed by atoms with Crippen molar-refractivity contribution in [3.8, 4) is 0 Å². The summed E-state index contributed by atoms with van der Waals surface area (Å²) >= 11 is 7.12. The van der Waals surface area contributed by atoms with Crippen molar-refractivity contribution in [1.82, 2.24) is 4.98 Å². The van der Waals surface area contributed by atoms with Crippen LogP contribution < -0.4 is 16.8 Å². The molecule has 0 aliphatic heterocycles. The molecule has 6 nitrogen and oxygen atoms in total. The molecule has 2 aromatic rings. The summed E-state index contributed by atoms with van der Waals surface area (Å²) in [6.07, 6.45) is 1.55. The molecular weight excluding hydrogens is 300 g/mol. The van der Waals surface area contributed by atoms with Gasteiger partial charge in [0.05, 0.1) is 12.7 Å². The van der Waals surface area contributed by atoms with Gasteiger partial charge in [0.1, 0.15) is 9.34 Å². The largest absolute Gasteiger partial charge is 0.378 e. The molecular formula is C12H11ClN4O2S. The lowest BCUT2D eigenvalue weighted by Crippen LogP contribution is -2.16. The third-order valence-corrected chi connectivity index (χ3v) is 3.59. The van der Waals surface area contributed by atoms with Crippen LogP contribution in [0.25, 0.3) is 0 Å². The highest BCUT2D eigenvalue weighted by Gasteiger charge is 2.09. The number of aromatic nitrogens is 1. The maximum absolute atomic E-state index is 11.2. The molecule has 2 amide bonds. The van der Waals surface area contributed by atoms with E-state index in [2.05, 4.69) is 10.3 Å². The van der Waals surface area contributed by atoms with Gasteiger partial charge in [0.2, 0.25) is 11.8 Å². The second kappa shape index (κ2) is 5.89. The Bertz CT molecular complexity index is 639. The SMILES string of the molecule is NC(=O)c1cc(NCc2ncc(Cl)s2)cc(C(N)=O)c1. The molecule has 1 aromatic heterocycles. The topological polar surface area (TPSA) is 111 Å². The third kappa shape index (κ3) is 3.46. The average molecular weight is 311 g/mol. The Morgan fingerprint density at radius 3 is 2.25 bits per heavy atom. The normalized spacial score (nSPS) is 10.2. The molecule has 1 aromatic carbocycles. The minimum atomic E-state index is -0.631. The number of hydrogen-bond donors (Lipinski definition) is 3. The number of carbonyl (C=O) groups excluding carboxylic acids is 2. The first-order valence-electron chi connectivity index (χ1n) is 5.54. The van der Waals surface area contributed by atoms with Crippen molar-refractivity contribution in [3.63, 3.8) is 0 Å². The van der Waals surface area contributed by atoms with E-state index in [0.29, 0.717) is 16.6 Å². The highest BCUT2D eigenvalue weighted by Crippen LogP contribution is 2.20. The van der Waals surface area contributed by atoms with Crippen molar-refractivity contribution in [2.45, 2.75) is 6.54 Å². The molecule has 0 aliphatic rings. The van der Waals surface area contributed by atoms with Gasteiger partial charge in [-0.05, 0) is 18.2 Å². The van der Waals surface area contributed by atoms with Gasteiger partial charge in [0.25, 0.3) is 0 Å². The number of nitrogens with two attached hydrogens (primary N) is 2. The average Bonchev–Trinajstić information content (AvgIpc) is 2.81. The molecule has 0 unspecified atom stereocenters. The maximum Gasteiger partial charge on any atom is 0.248 e. The van der Waals surface area contributed by atoms with E-state index < -0.39 is 11.8 Å². The highest BCUT2D eigenvalue weighted by molar-refractivity contribution is 7.15. The molecule has 0 saturated heterocycles. The number of nitrogens with one attached hydrogen (secondary N) is 1. The molecule has 0 aliphatic carbocycles. The Kier molecular flexibility index (Phi) is 4.21. The lowest BCUT2D eigenvalue weighted by atomic mass is 10.1. The Labute approximate surface area is 123 Å². The molecule has 5 N–H and O–H groups in total. The molecule has 0 bridgehead atoms. The molecule has 0 atom stereocenters. The Morgan fingerprint density at radius 1 is 1.20 bits per heavy atom. The molecule has 104 valence electrons. The number of carbonyl (C=O) groups is 2. The van der Waals surface area contributed by atoms with E-state index in [1.165, 1.54) is 17.4 Å². The van der Waals surface area contributed by atoms with Crippen LogP contribution in [0.5, 0.6) is 0 Å². The van der Waals surface area contributed by atoms with Crippen LogP contribution in [-0.4, -0.2) is 16.8 Å². The first-order chi connectivity index (χ1) is 9.45. The molecule has 0 radical (unpaired) electrons. The number of rotatable bonds is 5. The summed E-state index contributed by atoms with van der Waals surface area (Å²) in [6, 6.07) is 4.45.